The molecular weight excluding hydrogens is 285 g/mol. The largest absolute Gasteiger partial charge is 0.401 e. The number of hydrogen-bond acceptors (Lipinski definition) is 5. The molecule has 9 heteroatoms. The lowest BCUT2D eigenvalue weighted by molar-refractivity contribution is -0.147. The van der Waals surface area contributed by atoms with Crippen LogP contribution < -0.4 is 5.73 Å². The summed E-state index contributed by atoms with van der Waals surface area (Å²) in [5.74, 6) is 0.412. The average molecular weight is 303 g/mol. The van der Waals surface area contributed by atoms with Crippen LogP contribution in [-0.2, 0) is 12.1 Å². The summed E-state index contributed by atoms with van der Waals surface area (Å²) in [6, 6.07) is 0. The molecule has 1 rings (SSSR count). The van der Waals surface area contributed by atoms with Gasteiger partial charge in [-0.2, -0.15) is 18.2 Å². The molecule has 0 saturated heterocycles. The molecule has 0 fully saturated rings. The van der Waals surface area contributed by atoms with Gasteiger partial charge in [0.2, 0.25) is 5.89 Å². The third kappa shape index (κ3) is 6.22. The van der Waals surface area contributed by atoms with Gasteiger partial charge in [-0.1, -0.05) is 12.1 Å². The third-order valence-corrected chi connectivity index (χ3v) is 2.25. The summed E-state index contributed by atoms with van der Waals surface area (Å²) in [6.45, 7) is 4.20. The van der Waals surface area contributed by atoms with Crippen molar-refractivity contribution in [1.82, 2.24) is 15.0 Å². The Balaban J connectivity index is 0.00000324. The standard InChI is InChI=1S/C10H17F3N4O.ClH/c1-4-17(6-10(11,12)13)5-7-15-8(16-18-7)9(2,3)14;/h4-6,14H2,1-3H3;1H. The van der Waals surface area contributed by atoms with Gasteiger partial charge in [0.05, 0.1) is 18.6 Å². The quantitative estimate of drug-likeness (QED) is 0.902. The van der Waals surface area contributed by atoms with Crippen LogP contribution >= 0.6 is 12.4 Å². The fourth-order valence-corrected chi connectivity index (χ4v) is 1.31. The molecule has 0 bridgehead atoms. The highest BCUT2D eigenvalue weighted by Gasteiger charge is 2.31. The van der Waals surface area contributed by atoms with Crippen LogP contribution in [0, 0.1) is 0 Å². The highest BCUT2D eigenvalue weighted by Crippen LogP contribution is 2.18. The smallest absolute Gasteiger partial charge is 0.338 e. The number of nitrogens with zero attached hydrogens (tertiary/aromatic N) is 3. The van der Waals surface area contributed by atoms with Gasteiger partial charge in [-0.25, -0.2) is 0 Å². The van der Waals surface area contributed by atoms with Crippen molar-refractivity contribution in [3.8, 4) is 0 Å². The first-order valence-electron chi connectivity index (χ1n) is 5.53. The predicted molar refractivity (Wildman–Crippen MR) is 65.8 cm³/mol. The predicted octanol–water partition coefficient (Wildman–Crippen LogP) is 2.07. The molecule has 0 aromatic carbocycles. The zero-order valence-electron chi connectivity index (χ0n) is 11.0. The highest BCUT2D eigenvalue weighted by atomic mass is 35.5. The molecule has 1 aromatic heterocycles. The minimum absolute atomic E-state index is 0. The van der Waals surface area contributed by atoms with Crippen molar-refractivity contribution in [2.75, 3.05) is 13.1 Å². The summed E-state index contributed by atoms with van der Waals surface area (Å²) in [6.07, 6.45) is -4.24. The molecule has 0 aliphatic rings. The zero-order chi connectivity index (χ0) is 14.0. The first kappa shape index (κ1) is 18.1. The van der Waals surface area contributed by atoms with E-state index < -0.39 is 18.3 Å². The Morgan fingerprint density at radius 1 is 1.32 bits per heavy atom. The van der Waals surface area contributed by atoms with Gasteiger partial charge < -0.3 is 10.3 Å². The second-order valence-corrected chi connectivity index (χ2v) is 4.65. The summed E-state index contributed by atoms with van der Waals surface area (Å²) < 4.78 is 41.7. The third-order valence-electron chi connectivity index (χ3n) is 2.25. The van der Waals surface area contributed by atoms with Crippen LogP contribution in [0.2, 0.25) is 0 Å². The summed E-state index contributed by atoms with van der Waals surface area (Å²) in [5.41, 5.74) is 4.98. The maximum atomic E-state index is 12.3. The Labute approximate surface area is 115 Å². The van der Waals surface area contributed by atoms with E-state index in [0.717, 1.165) is 0 Å². The molecule has 0 spiro atoms. The molecule has 2 N–H and O–H groups in total. The Kier molecular flexibility index (Phi) is 6.24. The summed E-state index contributed by atoms with van der Waals surface area (Å²) in [5, 5.41) is 3.65. The van der Waals surface area contributed by atoms with Crippen LogP contribution in [0.5, 0.6) is 0 Å². The van der Waals surface area contributed by atoms with Gasteiger partial charge >= 0.3 is 6.18 Å². The SMILES string of the molecule is CCN(Cc1nc(C(C)(C)N)no1)CC(F)(F)F.Cl. The van der Waals surface area contributed by atoms with E-state index >= 15 is 0 Å². The van der Waals surface area contributed by atoms with Crippen LogP contribution in [0.4, 0.5) is 13.2 Å². The van der Waals surface area contributed by atoms with Crippen molar-refractivity contribution < 1.29 is 17.7 Å². The number of nitrogens with two attached hydrogens (primary N) is 1. The van der Waals surface area contributed by atoms with Gasteiger partial charge in [-0.15, -0.1) is 12.4 Å². The van der Waals surface area contributed by atoms with Crippen LogP contribution in [0.1, 0.15) is 32.5 Å². The number of rotatable bonds is 5. The molecule has 1 aromatic rings. The van der Waals surface area contributed by atoms with Gasteiger partial charge in [0.1, 0.15) is 0 Å². The van der Waals surface area contributed by atoms with E-state index in [1.165, 1.54) is 4.90 Å². The van der Waals surface area contributed by atoms with Crippen molar-refractivity contribution in [2.24, 2.45) is 5.73 Å². The zero-order valence-corrected chi connectivity index (χ0v) is 11.8. The summed E-state index contributed by atoms with van der Waals surface area (Å²) >= 11 is 0. The molecule has 1 heterocycles. The molecule has 19 heavy (non-hydrogen) atoms. The number of alkyl halides is 3. The van der Waals surface area contributed by atoms with Crippen LogP contribution in [0.3, 0.4) is 0 Å². The maximum Gasteiger partial charge on any atom is 0.401 e. The lowest BCUT2D eigenvalue weighted by Crippen LogP contribution is -2.34. The van der Waals surface area contributed by atoms with Gasteiger partial charge in [0.15, 0.2) is 5.82 Å². The molecule has 0 radical (unpaired) electrons. The summed E-state index contributed by atoms with van der Waals surface area (Å²) in [7, 11) is 0. The summed E-state index contributed by atoms with van der Waals surface area (Å²) in [4.78, 5) is 5.15. The van der Waals surface area contributed by atoms with Crippen molar-refractivity contribution >= 4 is 12.4 Å². The molecule has 0 amide bonds. The Bertz CT molecular complexity index is 389. The van der Waals surface area contributed by atoms with Gasteiger partial charge in [0, 0.05) is 0 Å². The molecular formula is C10H18ClF3N4O. The Morgan fingerprint density at radius 3 is 2.26 bits per heavy atom. The number of halogens is 4. The molecule has 0 atom stereocenters. The normalized spacial score (nSPS) is 12.6. The Morgan fingerprint density at radius 2 is 1.89 bits per heavy atom. The van der Waals surface area contributed by atoms with E-state index in [9.17, 15) is 13.2 Å². The molecule has 0 unspecified atom stereocenters. The van der Waals surface area contributed by atoms with Crippen molar-refractivity contribution in [1.29, 1.82) is 0 Å². The lowest BCUT2D eigenvalue weighted by atomic mass is 10.1. The van der Waals surface area contributed by atoms with E-state index in [2.05, 4.69) is 10.1 Å². The van der Waals surface area contributed by atoms with Gasteiger partial charge in [0.25, 0.3) is 0 Å². The fourth-order valence-electron chi connectivity index (χ4n) is 1.31. The van der Waals surface area contributed by atoms with E-state index in [1.807, 2.05) is 0 Å². The minimum atomic E-state index is -4.24. The van der Waals surface area contributed by atoms with Crippen molar-refractivity contribution in [3.63, 3.8) is 0 Å². The molecule has 0 saturated carbocycles. The van der Waals surface area contributed by atoms with Crippen molar-refractivity contribution in [3.05, 3.63) is 11.7 Å². The second kappa shape index (κ2) is 6.53. The molecule has 5 nitrogen and oxygen atoms in total. The molecule has 0 aliphatic carbocycles. The molecule has 0 aliphatic heterocycles. The average Bonchev–Trinajstić information content (AvgIpc) is 2.62. The fraction of sp³-hybridized carbons (Fsp3) is 0.800. The first-order valence-corrected chi connectivity index (χ1v) is 5.53. The highest BCUT2D eigenvalue weighted by molar-refractivity contribution is 5.85. The van der Waals surface area contributed by atoms with Crippen LogP contribution in [-0.4, -0.2) is 34.3 Å². The maximum absolute atomic E-state index is 12.3. The van der Waals surface area contributed by atoms with Crippen molar-refractivity contribution in [2.45, 2.75) is 39.0 Å². The van der Waals surface area contributed by atoms with E-state index in [4.69, 9.17) is 10.3 Å². The topological polar surface area (TPSA) is 68.2 Å². The lowest BCUT2D eigenvalue weighted by Gasteiger charge is -2.19. The van der Waals surface area contributed by atoms with Gasteiger partial charge in [-0.05, 0) is 20.4 Å². The van der Waals surface area contributed by atoms with E-state index in [-0.39, 0.29) is 37.2 Å². The number of aromatic nitrogens is 2. The van der Waals surface area contributed by atoms with Crippen LogP contribution in [0.25, 0.3) is 0 Å². The second-order valence-electron chi connectivity index (χ2n) is 4.65. The Hall–Kier alpha value is -0.860. The minimum Gasteiger partial charge on any atom is -0.338 e. The van der Waals surface area contributed by atoms with Crippen LogP contribution in [0.15, 0.2) is 4.52 Å². The van der Waals surface area contributed by atoms with E-state index in [0.29, 0.717) is 0 Å². The van der Waals surface area contributed by atoms with Gasteiger partial charge in [-0.3, -0.25) is 4.90 Å². The number of hydrogen-bond donors (Lipinski definition) is 1. The monoisotopic (exact) mass is 302 g/mol. The van der Waals surface area contributed by atoms with E-state index in [1.54, 1.807) is 20.8 Å². The molecule has 112 valence electrons. The first-order chi connectivity index (χ1) is 8.12.